The molecule has 7 rings (SSSR count). The second-order valence-corrected chi connectivity index (χ2v) is 24.7. The van der Waals surface area contributed by atoms with E-state index < -0.39 is 175 Å². The molecule has 0 fully saturated rings. The number of sulfonamides is 1. The third-order valence-corrected chi connectivity index (χ3v) is 16.2. The zero-order valence-corrected chi connectivity index (χ0v) is 42.3. The lowest BCUT2D eigenvalue weighted by molar-refractivity contribution is -0.143. The summed E-state index contributed by atoms with van der Waals surface area (Å²) >= 11 is 6.63. The first kappa shape index (κ1) is 57.1. The van der Waals surface area contributed by atoms with Gasteiger partial charge in [-0.15, -0.1) is 0 Å². The monoisotopic (exact) mass is 1150 g/mol. The van der Waals surface area contributed by atoms with E-state index in [2.05, 4.69) is 32.3 Å². The number of sulfone groups is 1. The van der Waals surface area contributed by atoms with Gasteiger partial charge < -0.3 is 24.9 Å². The molecule has 0 saturated carbocycles. The van der Waals surface area contributed by atoms with Crippen molar-refractivity contribution in [3.05, 3.63) is 105 Å². The molecule has 17 nitrogen and oxygen atoms in total. The van der Waals surface area contributed by atoms with E-state index in [1.807, 2.05) is 0 Å². The number of ether oxygens (including phenoxy) is 1. The molecule has 4 N–H and O–H groups in total. The lowest BCUT2D eigenvalue weighted by atomic mass is 9.81. The highest BCUT2D eigenvalue weighted by Crippen LogP contribution is 2.60. The van der Waals surface area contributed by atoms with Crippen molar-refractivity contribution in [2.75, 3.05) is 29.7 Å². The van der Waals surface area contributed by atoms with E-state index in [-0.39, 0.29) is 36.1 Å². The minimum Gasteiger partial charge on any atom is -0.368 e. The lowest BCUT2D eigenvalue weighted by Crippen LogP contribution is -2.36. The Kier molecular flexibility index (Phi) is 15.3. The van der Waals surface area contributed by atoms with Crippen molar-refractivity contribution in [3.63, 3.8) is 0 Å². The van der Waals surface area contributed by atoms with Crippen LogP contribution in [0.4, 0.5) is 49.7 Å². The Morgan fingerprint density at radius 1 is 0.973 bits per heavy atom. The van der Waals surface area contributed by atoms with Crippen LogP contribution in [0.25, 0.3) is 22.0 Å². The minimum absolute atomic E-state index is 0.157. The van der Waals surface area contributed by atoms with Gasteiger partial charge in [-0.2, -0.15) is 45.3 Å². The zero-order valence-electron chi connectivity index (χ0n) is 39.1. The summed E-state index contributed by atoms with van der Waals surface area (Å²) in [6.45, 7) is -2.14. The van der Waals surface area contributed by atoms with Crippen LogP contribution in [0.5, 0.6) is 0 Å². The Morgan fingerprint density at radius 2 is 1.61 bits per heavy atom. The van der Waals surface area contributed by atoms with Crippen LogP contribution in [0.3, 0.4) is 0 Å². The minimum atomic E-state index is -5.28. The summed E-state index contributed by atoms with van der Waals surface area (Å²) in [5.74, 6) is -6.58. The number of alkyl halides is 8. The van der Waals surface area contributed by atoms with Crippen molar-refractivity contribution in [3.8, 4) is 23.0 Å². The van der Waals surface area contributed by atoms with E-state index >= 15 is 8.78 Å². The number of carbonyl (C=O) groups is 1. The van der Waals surface area contributed by atoms with E-state index in [1.54, 1.807) is 0 Å². The van der Waals surface area contributed by atoms with Gasteiger partial charge in [-0.3, -0.25) is 18.7 Å². The van der Waals surface area contributed by atoms with Crippen LogP contribution in [0, 0.1) is 29.4 Å². The summed E-state index contributed by atoms with van der Waals surface area (Å²) in [5, 5.41) is 19.0. The average Bonchev–Trinajstić information content (AvgIpc) is 3.83. The summed E-state index contributed by atoms with van der Waals surface area (Å²) in [4.78, 5) is 37.2. The summed E-state index contributed by atoms with van der Waals surface area (Å²) in [6, 6.07) is 4.61. The quantitative estimate of drug-likeness (QED) is 0.0240. The van der Waals surface area contributed by atoms with Gasteiger partial charge >= 0.3 is 19.9 Å². The molecule has 3 heterocycles. The van der Waals surface area contributed by atoms with Gasteiger partial charge in [0.05, 0.1) is 46.0 Å². The smallest absolute Gasteiger partial charge is 0.368 e. The molecule has 2 aromatic carbocycles. The van der Waals surface area contributed by atoms with Crippen molar-refractivity contribution in [2.24, 2.45) is 5.92 Å². The topological polar surface area (TPSA) is 236 Å². The molecule has 0 spiro atoms. The predicted octanol–water partition coefficient (Wildman–Crippen LogP) is 7.08. The van der Waals surface area contributed by atoms with Gasteiger partial charge in [-0.05, 0) is 62.1 Å². The fourth-order valence-electron chi connectivity index (χ4n) is 8.25. The van der Waals surface area contributed by atoms with Gasteiger partial charge in [0.2, 0.25) is 15.9 Å². The predicted molar refractivity (Wildman–Crippen MR) is 248 cm³/mol. The van der Waals surface area contributed by atoms with Crippen LogP contribution in [0.1, 0.15) is 66.1 Å². The number of aliphatic hydroxyl groups is 1. The maximum Gasteiger partial charge on any atom is 0.435 e. The molecule has 4 atom stereocenters. The Morgan fingerprint density at radius 3 is 2.17 bits per heavy atom. The molecule has 0 bridgehead atoms. The number of allylic oxidation sites excluding steroid dienone is 2. The van der Waals surface area contributed by atoms with Crippen LogP contribution in [0.2, 0.25) is 5.02 Å². The SMILES string of the molecule is CC(C)(C#Cc1ccc(-c2ccc(Cl)c3c(N(COC(O)CCP(=O)(O)O)S(C)(=O)=O)nn(CC(F)(F)F)c23)c([C@H](Cc2cc(F)cc(F)c2)NC(=O)Cn2nc(C(F)(F)F)c3c2C(F)(F)[C@@H]2C=C[C@H]32)n1)S(C)(=O)=O. The van der Waals surface area contributed by atoms with Crippen molar-refractivity contribution in [2.45, 2.75) is 81.1 Å². The van der Waals surface area contributed by atoms with Crippen LogP contribution in [0.15, 0.2) is 54.6 Å². The zero-order chi connectivity index (χ0) is 55.8. The van der Waals surface area contributed by atoms with Crippen LogP contribution < -0.4 is 9.62 Å². The second kappa shape index (κ2) is 20.1. The van der Waals surface area contributed by atoms with Crippen molar-refractivity contribution >= 4 is 61.7 Å². The molecule has 406 valence electrons. The molecule has 0 radical (unpaired) electrons. The Balaban J connectivity index is 1.46. The number of anilines is 1. The number of nitrogens with zero attached hydrogens (tertiary/aromatic N) is 6. The highest BCUT2D eigenvalue weighted by Gasteiger charge is 2.61. The van der Waals surface area contributed by atoms with Crippen LogP contribution in [-0.2, 0) is 65.6 Å². The molecule has 0 aliphatic heterocycles. The average molecular weight is 1150 g/mol. The highest BCUT2D eigenvalue weighted by atomic mass is 35.5. The van der Waals surface area contributed by atoms with Gasteiger partial charge in [-0.25, -0.2) is 34.9 Å². The number of pyridine rings is 1. The Labute approximate surface area is 424 Å². The number of hydrogen-bond acceptors (Lipinski definition) is 11. The maximum atomic E-state index is 15.8. The number of nitrogens with one attached hydrogen (secondary N) is 1. The number of carbonyl (C=O) groups excluding carboxylic acids is 1. The molecule has 2 aliphatic rings. The van der Waals surface area contributed by atoms with E-state index in [1.165, 1.54) is 13.8 Å². The van der Waals surface area contributed by atoms with Gasteiger partial charge in [-0.1, -0.05) is 35.7 Å². The van der Waals surface area contributed by atoms with Crippen molar-refractivity contribution in [1.29, 1.82) is 0 Å². The number of benzene rings is 2. The summed E-state index contributed by atoms with van der Waals surface area (Å²) in [6.07, 6.45) is -11.4. The van der Waals surface area contributed by atoms with Crippen molar-refractivity contribution < 1.29 is 89.7 Å². The summed E-state index contributed by atoms with van der Waals surface area (Å²) < 4.78 is 215. The molecule has 75 heavy (non-hydrogen) atoms. The number of hydrogen-bond donors (Lipinski definition) is 4. The second-order valence-electron chi connectivity index (χ2n) is 18.0. The molecule has 5 aromatic rings. The molecule has 1 amide bonds. The van der Waals surface area contributed by atoms with Gasteiger partial charge in [0.1, 0.15) is 47.6 Å². The largest absolute Gasteiger partial charge is 0.435 e. The third kappa shape index (κ3) is 12.3. The van der Waals surface area contributed by atoms with Gasteiger partial charge in [0.25, 0.3) is 5.92 Å². The molecule has 3 aromatic heterocycles. The molecule has 0 saturated heterocycles. The van der Waals surface area contributed by atoms with Crippen LogP contribution in [-0.4, -0.2) is 105 Å². The Bertz CT molecular complexity index is 3460. The molecule has 2 aliphatic carbocycles. The summed E-state index contributed by atoms with van der Waals surface area (Å²) in [7, 11) is -13.4. The number of rotatable bonds is 17. The van der Waals surface area contributed by atoms with Gasteiger partial charge in [0, 0.05) is 41.4 Å². The van der Waals surface area contributed by atoms with E-state index in [4.69, 9.17) is 16.3 Å². The molecular formula is C44H41ClF10N7O10PS2. The first-order valence-corrected chi connectivity index (χ1v) is 27.6. The number of aromatic nitrogens is 5. The number of amides is 1. The highest BCUT2D eigenvalue weighted by molar-refractivity contribution is 7.92. The normalized spacial score (nSPS) is 17.5. The van der Waals surface area contributed by atoms with E-state index in [9.17, 15) is 76.2 Å². The molecule has 31 heteroatoms. The van der Waals surface area contributed by atoms with Crippen molar-refractivity contribution in [1.82, 2.24) is 29.9 Å². The van der Waals surface area contributed by atoms with E-state index in [0.717, 1.165) is 54.8 Å². The van der Waals surface area contributed by atoms with E-state index in [0.29, 0.717) is 12.3 Å². The molecular weight excluding hydrogens is 1110 g/mol. The van der Waals surface area contributed by atoms with Gasteiger partial charge in [0.15, 0.2) is 27.6 Å². The summed E-state index contributed by atoms with van der Waals surface area (Å²) in [5.41, 5.74) is -6.22. The lowest BCUT2D eigenvalue weighted by Gasteiger charge is -2.27. The number of aliphatic hydroxyl groups excluding tert-OH is 1. The number of halogens is 11. The molecule has 1 unspecified atom stereocenters. The standard InChI is InChI=1S/C44H41ClF10N7O10PS2/c1-41(2,74(3,68)69)13-11-25-5-6-26(27-8-10-30(45)35-37(27)61(20-42(48,49)50)59-40(35)62(75(4,70)71)21-72-33(64)12-14-73(65,66)67)36(56-25)31(17-22-15-23(46)18-24(47)16-22)57-32(63)19-60-39-34(38(58-60)44(53,54)55)28-7-9-29(28)43(39,51)52/h5-10,15-16,18,28-29,31,33,64H,12,14,17,19-21H2,1-4H3,(H,57,63)(H2,65,66,67)/t28-,29+,31-,33?/m0/s1. The third-order valence-electron chi connectivity index (χ3n) is 12.0. The fraction of sp³-hybridized carbons (Fsp3) is 0.409. The van der Waals surface area contributed by atoms with Crippen LogP contribution >= 0.6 is 19.2 Å². The Hall–Kier alpha value is -5.60. The first-order chi connectivity index (χ1) is 34.4. The first-order valence-electron chi connectivity index (χ1n) is 21.7. The number of fused-ring (bicyclic) bond motifs is 4. The fourth-order valence-corrected chi connectivity index (χ4v) is 9.97. The maximum absolute atomic E-state index is 15.8.